The van der Waals surface area contributed by atoms with Gasteiger partial charge in [-0.2, -0.15) is 0 Å². The molecule has 1 aromatic carbocycles. The van der Waals surface area contributed by atoms with Crippen LogP contribution in [0.15, 0.2) is 22.7 Å². The highest BCUT2D eigenvalue weighted by Crippen LogP contribution is 2.18. The van der Waals surface area contributed by atoms with Gasteiger partial charge in [0.15, 0.2) is 0 Å². The fourth-order valence-electron chi connectivity index (χ4n) is 1.68. The van der Waals surface area contributed by atoms with Gasteiger partial charge >= 0.3 is 0 Å². The summed E-state index contributed by atoms with van der Waals surface area (Å²) in [6.07, 6.45) is 1.09. The van der Waals surface area contributed by atoms with Crippen LogP contribution in [0.2, 0.25) is 0 Å². The molecule has 0 saturated heterocycles. The second kappa shape index (κ2) is 6.20. The second-order valence-corrected chi connectivity index (χ2v) is 5.52. The number of amides is 1. The summed E-state index contributed by atoms with van der Waals surface area (Å²) in [4.78, 5) is 14.0. The van der Waals surface area contributed by atoms with Gasteiger partial charge in [-0.05, 0) is 36.6 Å². The lowest BCUT2D eigenvalue weighted by Gasteiger charge is -2.21. The first-order valence-electron chi connectivity index (χ1n) is 5.97. The number of benzene rings is 1. The third-order valence-electron chi connectivity index (χ3n) is 3.03. The molecule has 0 radical (unpaired) electrons. The quantitative estimate of drug-likeness (QED) is 0.826. The lowest BCUT2D eigenvalue weighted by molar-refractivity contribution is 0.0775. The predicted octanol–water partition coefficient (Wildman–Crippen LogP) is 3.88. The Labute approximate surface area is 112 Å². The fourth-order valence-corrected chi connectivity index (χ4v) is 1.92. The molecule has 0 aliphatic rings. The Morgan fingerprint density at radius 3 is 2.65 bits per heavy atom. The van der Waals surface area contributed by atoms with Crippen molar-refractivity contribution in [2.75, 3.05) is 13.6 Å². The first kappa shape index (κ1) is 14.2. The summed E-state index contributed by atoms with van der Waals surface area (Å²) in [6.45, 7) is 7.11. The average Bonchev–Trinajstić information content (AvgIpc) is 2.31. The minimum atomic E-state index is 0.0981. The number of aryl methyl sites for hydroxylation is 1. The Kier molecular flexibility index (Phi) is 5.19. The highest BCUT2D eigenvalue weighted by molar-refractivity contribution is 9.10. The number of halogens is 1. The van der Waals surface area contributed by atoms with Crippen LogP contribution in [0.25, 0.3) is 0 Å². The van der Waals surface area contributed by atoms with Crippen LogP contribution in [-0.2, 0) is 0 Å². The topological polar surface area (TPSA) is 20.3 Å². The van der Waals surface area contributed by atoms with Crippen molar-refractivity contribution < 1.29 is 4.79 Å². The molecule has 0 N–H and O–H groups in total. The molecule has 3 heteroatoms. The largest absolute Gasteiger partial charge is 0.341 e. The molecular formula is C14H20BrNO. The summed E-state index contributed by atoms with van der Waals surface area (Å²) in [7, 11) is 1.87. The summed E-state index contributed by atoms with van der Waals surface area (Å²) in [6, 6.07) is 5.73. The first-order valence-corrected chi connectivity index (χ1v) is 6.76. The summed E-state index contributed by atoms with van der Waals surface area (Å²) < 4.78 is 1.04. The van der Waals surface area contributed by atoms with Crippen LogP contribution < -0.4 is 0 Å². The van der Waals surface area contributed by atoms with Gasteiger partial charge in [0.2, 0.25) is 0 Å². The highest BCUT2D eigenvalue weighted by Gasteiger charge is 2.14. The molecular weight excluding hydrogens is 278 g/mol. The Hall–Kier alpha value is -0.830. The monoisotopic (exact) mass is 297 g/mol. The molecule has 1 atom stereocenters. The van der Waals surface area contributed by atoms with Crippen molar-refractivity contribution in [3.05, 3.63) is 33.8 Å². The molecule has 0 aliphatic heterocycles. The van der Waals surface area contributed by atoms with Crippen molar-refractivity contribution >= 4 is 21.8 Å². The van der Waals surface area contributed by atoms with Crippen molar-refractivity contribution in [1.82, 2.24) is 4.90 Å². The van der Waals surface area contributed by atoms with E-state index >= 15 is 0 Å². The number of carbonyl (C=O) groups is 1. The maximum atomic E-state index is 12.2. The normalized spacial score (nSPS) is 12.3. The summed E-state index contributed by atoms with van der Waals surface area (Å²) in [5, 5.41) is 0. The Balaban J connectivity index is 2.78. The third-order valence-corrected chi connectivity index (χ3v) is 3.92. The van der Waals surface area contributed by atoms with E-state index in [4.69, 9.17) is 0 Å². The van der Waals surface area contributed by atoms with Crippen LogP contribution >= 0.6 is 15.9 Å². The van der Waals surface area contributed by atoms with Gasteiger partial charge in [-0.3, -0.25) is 4.79 Å². The maximum absolute atomic E-state index is 12.2. The van der Waals surface area contributed by atoms with Crippen molar-refractivity contribution in [3.63, 3.8) is 0 Å². The van der Waals surface area contributed by atoms with E-state index in [1.165, 1.54) is 0 Å². The van der Waals surface area contributed by atoms with Crippen LogP contribution in [0.1, 0.15) is 36.2 Å². The van der Waals surface area contributed by atoms with E-state index in [0.29, 0.717) is 5.92 Å². The first-order chi connectivity index (χ1) is 7.95. The van der Waals surface area contributed by atoms with Crippen molar-refractivity contribution in [2.24, 2.45) is 5.92 Å². The van der Waals surface area contributed by atoms with Gasteiger partial charge in [-0.25, -0.2) is 0 Å². The van der Waals surface area contributed by atoms with Crippen molar-refractivity contribution in [3.8, 4) is 0 Å². The van der Waals surface area contributed by atoms with E-state index < -0.39 is 0 Å². The SMILES string of the molecule is CCC(C)CN(C)C(=O)c1ccc(Br)c(C)c1. The molecule has 2 nitrogen and oxygen atoms in total. The molecule has 1 unspecified atom stereocenters. The van der Waals surface area contributed by atoms with Gasteiger partial charge in [-0.1, -0.05) is 36.2 Å². The summed E-state index contributed by atoms with van der Waals surface area (Å²) >= 11 is 3.44. The van der Waals surface area contributed by atoms with Crippen LogP contribution in [0.5, 0.6) is 0 Å². The van der Waals surface area contributed by atoms with E-state index in [-0.39, 0.29) is 5.91 Å². The molecule has 0 aliphatic carbocycles. The van der Waals surface area contributed by atoms with Gasteiger partial charge in [0.25, 0.3) is 5.91 Å². The Bertz CT molecular complexity index is 403. The number of hydrogen-bond donors (Lipinski definition) is 0. The molecule has 0 bridgehead atoms. The molecule has 1 aromatic rings. The van der Waals surface area contributed by atoms with E-state index in [1.54, 1.807) is 4.90 Å². The predicted molar refractivity (Wildman–Crippen MR) is 75.3 cm³/mol. The van der Waals surface area contributed by atoms with Gasteiger partial charge in [-0.15, -0.1) is 0 Å². The second-order valence-electron chi connectivity index (χ2n) is 4.66. The van der Waals surface area contributed by atoms with Gasteiger partial charge in [0, 0.05) is 23.6 Å². The number of nitrogens with zero attached hydrogens (tertiary/aromatic N) is 1. The lowest BCUT2D eigenvalue weighted by atomic mass is 10.1. The van der Waals surface area contributed by atoms with Crippen LogP contribution in [0.4, 0.5) is 0 Å². The van der Waals surface area contributed by atoms with Crippen molar-refractivity contribution in [2.45, 2.75) is 27.2 Å². The molecule has 1 rings (SSSR count). The number of carbonyl (C=O) groups excluding carboxylic acids is 1. The van der Waals surface area contributed by atoms with Crippen LogP contribution in [-0.4, -0.2) is 24.4 Å². The lowest BCUT2D eigenvalue weighted by Crippen LogP contribution is -2.30. The minimum absolute atomic E-state index is 0.0981. The van der Waals surface area contributed by atoms with E-state index in [2.05, 4.69) is 29.8 Å². The van der Waals surface area contributed by atoms with Crippen LogP contribution in [0.3, 0.4) is 0 Å². The highest BCUT2D eigenvalue weighted by atomic mass is 79.9. The van der Waals surface area contributed by atoms with Gasteiger partial charge < -0.3 is 4.90 Å². The minimum Gasteiger partial charge on any atom is -0.341 e. The standard InChI is InChI=1S/C14H20BrNO/c1-5-10(2)9-16(4)14(17)12-6-7-13(15)11(3)8-12/h6-8,10H,5,9H2,1-4H3. The smallest absolute Gasteiger partial charge is 0.253 e. The van der Waals surface area contributed by atoms with E-state index in [1.807, 2.05) is 32.2 Å². The van der Waals surface area contributed by atoms with Crippen molar-refractivity contribution in [1.29, 1.82) is 0 Å². The van der Waals surface area contributed by atoms with E-state index in [9.17, 15) is 4.79 Å². The zero-order valence-electron chi connectivity index (χ0n) is 11.0. The summed E-state index contributed by atoms with van der Waals surface area (Å²) in [5.41, 5.74) is 1.85. The molecule has 0 saturated carbocycles. The third kappa shape index (κ3) is 3.84. The molecule has 17 heavy (non-hydrogen) atoms. The molecule has 1 amide bonds. The maximum Gasteiger partial charge on any atom is 0.253 e. The molecule has 0 fully saturated rings. The van der Waals surface area contributed by atoms with Crippen LogP contribution in [0, 0.1) is 12.8 Å². The molecule has 0 aromatic heterocycles. The van der Waals surface area contributed by atoms with Gasteiger partial charge in [0.05, 0.1) is 0 Å². The fraction of sp³-hybridized carbons (Fsp3) is 0.500. The summed E-state index contributed by atoms with van der Waals surface area (Å²) in [5.74, 6) is 0.640. The number of hydrogen-bond acceptors (Lipinski definition) is 1. The average molecular weight is 298 g/mol. The zero-order chi connectivity index (χ0) is 13.0. The molecule has 94 valence electrons. The van der Waals surface area contributed by atoms with Gasteiger partial charge in [0.1, 0.15) is 0 Å². The molecule has 0 heterocycles. The zero-order valence-corrected chi connectivity index (χ0v) is 12.5. The Morgan fingerprint density at radius 2 is 2.12 bits per heavy atom. The Morgan fingerprint density at radius 1 is 1.47 bits per heavy atom. The van der Waals surface area contributed by atoms with E-state index in [0.717, 1.165) is 28.6 Å². The number of rotatable bonds is 4. The molecule has 0 spiro atoms.